The number of halogens is 1. The van der Waals surface area contributed by atoms with Gasteiger partial charge in [-0.05, 0) is 6.07 Å². The number of nitro groups is 2. The largest absolute Gasteiger partial charge is 0.482 e. The maximum Gasteiger partial charge on any atom is 0.311 e. The number of fused-ring (bicyclic) bond motifs is 1. The van der Waals surface area contributed by atoms with Crippen molar-refractivity contribution in [2.45, 2.75) is 13.2 Å². The van der Waals surface area contributed by atoms with E-state index in [1.165, 1.54) is 12.1 Å². The Balaban J connectivity index is 1.93. The molecule has 1 aliphatic rings. The van der Waals surface area contributed by atoms with Gasteiger partial charge in [-0.25, -0.2) is 4.39 Å². The van der Waals surface area contributed by atoms with Crippen LogP contribution < -0.4 is 9.47 Å². The normalized spacial score (nSPS) is 12.8. The highest BCUT2D eigenvalue weighted by Gasteiger charge is 2.22. The van der Waals surface area contributed by atoms with Crippen molar-refractivity contribution in [1.82, 2.24) is 0 Å². The molecule has 2 aromatic rings. The Hall–Kier alpha value is -3.27. The minimum Gasteiger partial charge on any atom is -0.482 e. The van der Waals surface area contributed by atoms with Gasteiger partial charge in [-0.3, -0.25) is 20.2 Å². The predicted octanol–water partition coefficient (Wildman–Crippen LogP) is 3.09. The third-order valence-electron chi connectivity index (χ3n) is 3.48. The van der Waals surface area contributed by atoms with Crippen LogP contribution in [-0.2, 0) is 18.0 Å². The molecule has 1 aliphatic heterocycles. The van der Waals surface area contributed by atoms with Gasteiger partial charge >= 0.3 is 5.69 Å². The second-order valence-electron chi connectivity index (χ2n) is 5.12. The maximum absolute atomic E-state index is 13.3. The van der Waals surface area contributed by atoms with Gasteiger partial charge in [0, 0.05) is 35.4 Å². The minimum atomic E-state index is -0.706. The fourth-order valence-corrected chi connectivity index (χ4v) is 2.40. The third-order valence-corrected chi connectivity index (χ3v) is 3.48. The lowest BCUT2D eigenvalue weighted by Gasteiger charge is -2.20. The van der Waals surface area contributed by atoms with Crippen molar-refractivity contribution in [2.24, 2.45) is 0 Å². The van der Waals surface area contributed by atoms with Gasteiger partial charge in [-0.1, -0.05) is 0 Å². The van der Waals surface area contributed by atoms with E-state index in [2.05, 4.69) is 0 Å². The zero-order valence-electron chi connectivity index (χ0n) is 12.6. The van der Waals surface area contributed by atoms with E-state index < -0.39 is 21.4 Å². The van der Waals surface area contributed by atoms with Crippen LogP contribution >= 0.6 is 0 Å². The average molecular weight is 350 g/mol. The monoisotopic (exact) mass is 350 g/mol. The van der Waals surface area contributed by atoms with Crippen molar-refractivity contribution in [3.63, 3.8) is 0 Å². The van der Waals surface area contributed by atoms with E-state index in [1.54, 1.807) is 0 Å². The van der Waals surface area contributed by atoms with Gasteiger partial charge in [-0.15, -0.1) is 0 Å². The number of ether oxygens (including phenoxy) is 3. The molecule has 0 radical (unpaired) electrons. The van der Waals surface area contributed by atoms with Crippen molar-refractivity contribution >= 4 is 11.4 Å². The quantitative estimate of drug-likeness (QED) is 0.601. The van der Waals surface area contributed by atoms with Gasteiger partial charge < -0.3 is 14.2 Å². The lowest BCUT2D eigenvalue weighted by Crippen LogP contribution is -2.14. The van der Waals surface area contributed by atoms with Gasteiger partial charge in [-0.2, -0.15) is 0 Å². The molecule has 0 spiro atoms. The fraction of sp³-hybridized carbons (Fsp3) is 0.200. The van der Waals surface area contributed by atoms with E-state index in [4.69, 9.17) is 14.2 Å². The molecular weight excluding hydrogens is 339 g/mol. The van der Waals surface area contributed by atoms with Crippen LogP contribution in [-0.4, -0.2) is 16.6 Å². The SMILES string of the molecule is O=[N+]([O-])c1cc2c(c(COc3cc(F)ccc3[N+](=O)[O-])c1)OCOC2. The van der Waals surface area contributed by atoms with E-state index >= 15 is 0 Å². The average Bonchev–Trinajstić information content (AvgIpc) is 2.59. The Kier molecular flexibility index (Phi) is 4.44. The zero-order valence-corrected chi connectivity index (χ0v) is 12.6. The summed E-state index contributed by atoms with van der Waals surface area (Å²) in [5.41, 5.74) is 0.170. The molecule has 0 atom stereocenters. The first kappa shape index (κ1) is 16.6. The van der Waals surface area contributed by atoms with Crippen LogP contribution in [0.3, 0.4) is 0 Å². The summed E-state index contributed by atoms with van der Waals surface area (Å²) in [5, 5.41) is 22.0. The van der Waals surface area contributed by atoms with Gasteiger partial charge in [0.15, 0.2) is 12.5 Å². The van der Waals surface area contributed by atoms with Crippen LogP contribution in [0.5, 0.6) is 11.5 Å². The number of non-ortho nitro benzene ring substituents is 1. The van der Waals surface area contributed by atoms with Crippen molar-refractivity contribution in [1.29, 1.82) is 0 Å². The van der Waals surface area contributed by atoms with Gasteiger partial charge in [0.25, 0.3) is 5.69 Å². The van der Waals surface area contributed by atoms with Crippen molar-refractivity contribution < 1.29 is 28.4 Å². The van der Waals surface area contributed by atoms with Crippen LogP contribution in [0.15, 0.2) is 30.3 Å². The Bertz CT molecular complexity index is 856. The molecule has 130 valence electrons. The Labute approximate surface area is 139 Å². The zero-order chi connectivity index (χ0) is 18.0. The van der Waals surface area contributed by atoms with Crippen LogP contribution in [0, 0.1) is 26.0 Å². The number of nitrogens with zero attached hydrogens (tertiary/aromatic N) is 2. The topological polar surface area (TPSA) is 114 Å². The first-order valence-electron chi connectivity index (χ1n) is 7.03. The molecule has 3 rings (SSSR count). The minimum absolute atomic E-state index is 0.0298. The Morgan fingerprint density at radius 1 is 1.16 bits per heavy atom. The molecule has 0 unspecified atom stereocenters. The molecule has 2 aromatic carbocycles. The number of hydrogen-bond acceptors (Lipinski definition) is 7. The highest BCUT2D eigenvalue weighted by atomic mass is 19.1. The molecule has 0 fully saturated rings. The lowest BCUT2D eigenvalue weighted by molar-refractivity contribution is -0.386. The standard InChI is InChI=1S/C15H11FN2O7/c16-11-1-2-13(18(21)22)14(5-11)24-7-10-4-12(17(19)20)3-9-6-23-8-25-15(9)10/h1-5H,6-8H2. The molecule has 0 aromatic heterocycles. The first-order valence-corrected chi connectivity index (χ1v) is 7.03. The van der Waals surface area contributed by atoms with E-state index in [0.717, 1.165) is 18.2 Å². The number of hydrogen-bond donors (Lipinski definition) is 0. The first-order chi connectivity index (χ1) is 12.0. The molecular formula is C15H11FN2O7. The Morgan fingerprint density at radius 3 is 2.68 bits per heavy atom. The second kappa shape index (κ2) is 6.69. The molecule has 9 nitrogen and oxygen atoms in total. The molecule has 10 heteroatoms. The highest BCUT2D eigenvalue weighted by Crippen LogP contribution is 2.34. The fourth-order valence-electron chi connectivity index (χ4n) is 2.40. The van der Waals surface area contributed by atoms with Gasteiger partial charge in [0.05, 0.1) is 16.5 Å². The van der Waals surface area contributed by atoms with Crippen molar-refractivity contribution in [3.8, 4) is 11.5 Å². The summed E-state index contributed by atoms with van der Waals surface area (Å²) in [6, 6.07) is 5.38. The summed E-state index contributed by atoms with van der Waals surface area (Å²) in [5.74, 6) is -0.625. The molecule has 25 heavy (non-hydrogen) atoms. The molecule has 0 aliphatic carbocycles. The second-order valence-corrected chi connectivity index (χ2v) is 5.12. The van der Waals surface area contributed by atoms with E-state index in [-0.39, 0.29) is 31.4 Å². The maximum atomic E-state index is 13.3. The van der Waals surface area contributed by atoms with Crippen LogP contribution in [0.2, 0.25) is 0 Å². The van der Waals surface area contributed by atoms with Crippen molar-refractivity contribution in [3.05, 3.63) is 67.5 Å². The van der Waals surface area contributed by atoms with E-state index in [0.29, 0.717) is 16.9 Å². The predicted molar refractivity (Wildman–Crippen MR) is 80.8 cm³/mol. The lowest BCUT2D eigenvalue weighted by atomic mass is 10.1. The van der Waals surface area contributed by atoms with Crippen LogP contribution in [0.4, 0.5) is 15.8 Å². The summed E-state index contributed by atoms with van der Waals surface area (Å²) >= 11 is 0. The smallest absolute Gasteiger partial charge is 0.311 e. The van der Waals surface area contributed by atoms with Crippen molar-refractivity contribution in [2.75, 3.05) is 6.79 Å². The summed E-state index contributed by atoms with van der Waals surface area (Å²) in [6.07, 6.45) is 0. The van der Waals surface area contributed by atoms with Gasteiger partial charge in [0.1, 0.15) is 18.2 Å². The third kappa shape index (κ3) is 3.48. The molecule has 0 amide bonds. The molecule has 0 saturated heterocycles. The summed E-state index contributed by atoms with van der Waals surface area (Å²) < 4.78 is 29.1. The summed E-state index contributed by atoms with van der Waals surface area (Å²) in [4.78, 5) is 20.8. The number of benzene rings is 2. The summed E-state index contributed by atoms with van der Waals surface area (Å²) in [7, 11) is 0. The highest BCUT2D eigenvalue weighted by molar-refractivity contribution is 5.51. The van der Waals surface area contributed by atoms with Crippen LogP contribution in [0.1, 0.15) is 11.1 Å². The summed E-state index contributed by atoms with van der Waals surface area (Å²) in [6.45, 7) is -0.170. The molecule has 0 saturated carbocycles. The number of rotatable bonds is 5. The molecule has 0 N–H and O–H groups in total. The molecule has 0 bridgehead atoms. The van der Waals surface area contributed by atoms with E-state index in [9.17, 15) is 24.6 Å². The van der Waals surface area contributed by atoms with Gasteiger partial charge in [0.2, 0.25) is 0 Å². The Morgan fingerprint density at radius 2 is 1.96 bits per heavy atom. The number of nitro benzene ring substituents is 2. The van der Waals surface area contributed by atoms with Crippen LogP contribution in [0.25, 0.3) is 0 Å². The molecule has 1 heterocycles. The van der Waals surface area contributed by atoms with E-state index in [1.807, 2.05) is 0 Å².